The topological polar surface area (TPSA) is 15.3 Å². The van der Waals surface area contributed by atoms with Gasteiger partial charge in [0, 0.05) is 23.5 Å². The van der Waals surface area contributed by atoms with Crippen molar-refractivity contribution in [3.05, 3.63) is 21.3 Å². The predicted molar refractivity (Wildman–Crippen MR) is 70.8 cm³/mol. The molecule has 2 heterocycles. The number of rotatable bonds is 3. The molecular weight excluding hydrogens is 240 g/mol. The molecule has 2 unspecified atom stereocenters. The summed E-state index contributed by atoms with van der Waals surface area (Å²) in [4.78, 5) is 1.30. The van der Waals surface area contributed by atoms with E-state index < -0.39 is 0 Å². The monoisotopic (exact) mass is 258 g/mol. The van der Waals surface area contributed by atoms with Gasteiger partial charge >= 0.3 is 0 Å². The highest BCUT2D eigenvalue weighted by atomic mass is 35.5. The summed E-state index contributed by atoms with van der Waals surface area (Å²) in [6.45, 7) is 5.49. The Morgan fingerprint density at radius 3 is 2.62 bits per heavy atom. The Balaban J connectivity index is 1.88. The van der Waals surface area contributed by atoms with Crippen LogP contribution < -0.4 is 5.43 Å². The molecule has 0 saturated carbocycles. The first kappa shape index (κ1) is 12.4. The lowest BCUT2D eigenvalue weighted by Gasteiger charge is -2.39. The quantitative estimate of drug-likeness (QED) is 0.890. The Labute approximate surface area is 107 Å². The van der Waals surface area contributed by atoms with Crippen LogP contribution in [0, 0.1) is 0 Å². The van der Waals surface area contributed by atoms with Gasteiger partial charge in [-0.05, 0) is 38.8 Å². The van der Waals surface area contributed by atoms with Crippen molar-refractivity contribution in [2.24, 2.45) is 0 Å². The highest BCUT2D eigenvalue weighted by Gasteiger charge is 2.24. The highest BCUT2D eigenvalue weighted by molar-refractivity contribution is 7.16. The zero-order valence-corrected chi connectivity index (χ0v) is 11.4. The van der Waals surface area contributed by atoms with Gasteiger partial charge in [0.25, 0.3) is 0 Å². The van der Waals surface area contributed by atoms with Crippen molar-refractivity contribution in [1.82, 2.24) is 10.4 Å². The molecule has 1 fully saturated rings. The van der Waals surface area contributed by atoms with Gasteiger partial charge in [-0.25, -0.2) is 10.4 Å². The van der Waals surface area contributed by atoms with Crippen LogP contribution in [-0.2, 0) is 6.54 Å². The van der Waals surface area contributed by atoms with Gasteiger partial charge in [-0.3, -0.25) is 0 Å². The number of nitrogens with zero attached hydrogens (tertiary/aromatic N) is 1. The Bertz CT molecular complexity index is 330. The van der Waals surface area contributed by atoms with Crippen LogP contribution in [0.4, 0.5) is 0 Å². The summed E-state index contributed by atoms with van der Waals surface area (Å²) in [5.41, 5.74) is 3.54. The molecule has 1 aromatic rings. The second kappa shape index (κ2) is 5.50. The summed E-state index contributed by atoms with van der Waals surface area (Å²) in [5, 5.41) is 2.40. The molecule has 1 aromatic heterocycles. The van der Waals surface area contributed by atoms with E-state index in [1.807, 2.05) is 6.07 Å². The van der Waals surface area contributed by atoms with Gasteiger partial charge in [0.15, 0.2) is 0 Å². The van der Waals surface area contributed by atoms with E-state index in [4.69, 9.17) is 11.6 Å². The Kier molecular flexibility index (Phi) is 4.25. The maximum Gasteiger partial charge on any atom is 0.0931 e. The van der Waals surface area contributed by atoms with Gasteiger partial charge in [0.2, 0.25) is 0 Å². The van der Waals surface area contributed by atoms with Gasteiger partial charge in [-0.1, -0.05) is 18.0 Å². The zero-order chi connectivity index (χ0) is 11.5. The first-order valence-electron chi connectivity index (χ1n) is 5.93. The first-order valence-corrected chi connectivity index (χ1v) is 7.12. The molecular formula is C12H19ClN2S. The molecule has 2 rings (SSSR count). The third-order valence-corrected chi connectivity index (χ3v) is 4.49. The third kappa shape index (κ3) is 2.98. The Morgan fingerprint density at radius 1 is 1.38 bits per heavy atom. The second-order valence-electron chi connectivity index (χ2n) is 4.58. The summed E-state index contributed by atoms with van der Waals surface area (Å²) >= 11 is 7.57. The minimum Gasteiger partial charge on any atom is -0.249 e. The van der Waals surface area contributed by atoms with Gasteiger partial charge in [0.05, 0.1) is 4.34 Å². The van der Waals surface area contributed by atoms with Crippen LogP contribution in [-0.4, -0.2) is 17.1 Å². The summed E-state index contributed by atoms with van der Waals surface area (Å²) < 4.78 is 0.872. The van der Waals surface area contributed by atoms with Crippen LogP contribution in [0.15, 0.2) is 12.1 Å². The van der Waals surface area contributed by atoms with E-state index in [1.165, 1.54) is 24.1 Å². The van der Waals surface area contributed by atoms with Crippen molar-refractivity contribution < 1.29 is 0 Å². The summed E-state index contributed by atoms with van der Waals surface area (Å²) in [6.07, 6.45) is 3.94. The minimum atomic E-state index is 0.638. The number of halogens is 1. The minimum absolute atomic E-state index is 0.638. The molecule has 1 N–H and O–H groups in total. The molecule has 0 aromatic carbocycles. The van der Waals surface area contributed by atoms with Crippen molar-refractivity contribution in [1.29, 1.82) is 0 Å². The average molecular weight is 259 g/mol. The third-order valence-electron chi connectivity index (χ3n) is 3.26. The maximum absolute atomic E-state index is 5.92. The highest BCUT2D eigenvalue weighted by Crippen LogP contribution is 2.23. The molecule has 2 atom stereocenters. The number of thiophene rings is 1. The number of nitrogens with one attached hydrogen (secondary N) is 1. The fourth-order valence-electron chi connectivity index (χ4n) is 2.35. The smallest absolute Gasteiger partial charge is 0.0931 e. The first-order chi connectivity index (χ1) is 7.66. The molecule has 0 amide bonds. The molecule has 0 radical (unpaired) electrons. The lowest BCUT2D eigenvalue weighted by Crippen LogP contribution is -2.51. The van der Waals surface area contributed by atoms with Crippen LogP contribution in [0.3, 0.4) is 0 Å². The molecule has 2 nitrogen and oxygen atoms in total. The molecule has 1 saturated heterocycles. The molecule has 16 heavy (non-hydrogen) atoms. The van der Waals surface area contributed by atoms with Crippen molar-refractivity contribution in [2.45, 2.75) is 51.7 Å². The van der Waals surface area contributed by atoms with Gasteiger partial charge < -0.3 is 0 Å². The average Bonchev–Trinajstić information content (AvgIpc) is 2.63. The lowest BCUT2D eigenvalue weighted by atomic mass is 10.00. The molecule has 0 bridgehead atoms. The van der Waals surface area contributed by atoms with Crippen LogP contribution in [0.2, 0.25) is 4.34 Å². The zero-order valence-electron chi connectivity index (χ0n) is 9.87. The van der Waals surface area contributed by atoms with Gasteiger partial charge in [-0.15, -0.1) is 11.3 Å². The van der Waals surface area contributed by atoms with E-state index in [0.29, 0.717) is 12.1 Å². The second-order valence-corrected chi connectivity index (χ2v) is 6.38. The molecule has 4 heteroatoms. The van der Waals surface area contributed by atoms with E-state index in [9.17, 15) is 0 Å². The van der Waals surface area contributed by atoms with E-state index in [1.54, 1.807) is 11.3 Å². The van der Waals surface area contributed by atoms with E-state index in [2.05, 4.69) is 30.3 Å². The predicted octanol–water partition coefficient (Wildman–Crippen LogP) is 3.67. The van der Waals surface area contributed by atoms with E-state index in [-0.39, 0.29) is 0 Å². The summed E-state index contributed by atoms with van der Waals surface area (Å²) in [7, 11) is 0. The van der Waals surface area contributed by atoms with E-state index in [0.717, 1.165) is 10.9 Å². The fraction of sp³-hybridized carbons (Fsp3) is 0.667. The van der Waals surface area contributed by atoms with Crippen LogP contribution in [0.5, 0.6) is 0 Å². The van der Waals surface area contributed by atoms with Crippen LogP contribution in [0.1, 0.15) is 38.0 Å². The lowest BCUT2D eigenvalue weighted by molar-refractivity contribution is 0.0439. The molecule has 0 spiro atoms. The fourth-order valence-corrected chi connectivity index (χ4v) is 3.37. The Morgan fingerprint density at radius 2 is 2.06 bits per heavy atom. The maximum atomic E-state index is 5.92. The summed E-state index contributed by atoms with van der Waals surface area (Å²) in [6, 6.07) is 5.34. The number of hydrazine groups is 1. The molecule has 90 valence electrons. The van der Waals surface area contributed by atoms with E-state index >= 15 is 0 Å². The number of hydrogen-bond donors (Lipinski definition) is 1. The van der Waals surface area contributed by atoms with Crippen molar-refractivity contribution >= 4 is 22.9 Å². The summed E-state index contributed by atoms with van der Waals surface area (Å²) in [5.74, 6) is 0. The SMILES string of the molecule is CC1CCCC(C)N1NCc1ccc(Cl)s1. The Hall–Kier alpha value is -0.0900. The number of piperidine rings is 1. The van der Waals surface area contributed by atoms with Crippen molar-refractivity contribution in [2.75, 3.05) is 0 Å². The number of hydrogen-bond acceptors (Lipinski definition) is 3. The normalized spacial score (nSPS) is 27.2. The van der Waals surface area contributed by atoms with Crippen LogP contribution >= 0.6 is 22.9 Å². The van der Waals surface area contributed by atoms with Crippen molar-refractivity contribution in [3.8, 4) is 0 Å². The molecule has 1 aliphatic rings. The standard InChI is InChI=1S/C12H19ClN2S/c1-9-4-3-5-10(2)15(9)14-8-11-6-7-12(13)16-11/h6-7,9-10,14H,3-5,8H2,1-2H3. The molecule has 0 aliphatic carbocycles. The molecule has 1 aliphatic heterocycles. The van der Waals surface area contributed by atoms with Gasteiger partial charge in [0.1, 0.15) is 0 Å². The van der Waals surface area contributed by atoms with Gasteiger partial charge in [-0.2, -0.15) is 0 Å². The van der Waals surface area contributed by atoms with Crippen molar-refractivity contribution in [3.63, 3.8) is 0 Å². The largest absolute Gasteiger partial charge is 0.249 e. The van der Waals surface area contributed by atoms with Crippen LogP contribution in [0.25, 0.3) is 0 Å².